The molecule has 1 N–H and O–H groups in total. The lowest BCUT2D eigenvalue weighted by Crippen LogP contribution is -2.39. The maximum absolute atomic E-state index is 12.9. The minimum Gasteiger partial charge on any atom is -0.370 e. The van der Waals surface area contributed by atoms with Crippen LogP contribution in [0, 0.1) is 13.8 Å². The van der Waals surface area contributed by atoms with Crippen LogP contribution in [0.15, 0.2) is 42.5 Å². The summed E-state index contributed by atoms with van der Waals surface area (Å²) in [6, 6.07) is 13.5. The van der Waals surface area contributed by atoms with Crippen molar-refractivity contribution < 1.29 is 9.53 Å². The van der Waals surface area contributed by atoms with Gasteiger partial charge in [-0.05, 0) is 48.7 Å². The van der Waals surface area contributed by atoms with E-state index >= 15 is 0 Å². The lowest BCUT2D eigenvalue weighted by atomic mass is 10.1. The number of urea groups is 1. The van der Waals surface area contributed by atoms with Gasteiger partial charge in [0, 0.05) is 42.0 Å². The molecule has 4 rings (SSSR count). The Morgan fingerprint density at radius 2 is 1.94 bits per heavy atom. The molecule has 0 saturated carbocycles. The smallest absolute Gasteiger partial charge is 0.322 e. The minimum atomic E-state index is -0.0868. The number of hydrogen-bond acceptors (Lipinski definition) is 3. The third kappa shape index (κ3) is 4.75. The highest BCUT2D eigenvalue weighted by Gasteiger charge is 2.27. The van der Waals surface area contributed by atoms with Crippen LogP contribution in [0.4, 0.5) is 10.5 Å². The molecule has 3 aromatic rings. The van der Waals surface area contributed by atoms with Gasteiger partial charge in [-0.3, -0.25) is 4.68 Å². The normalized spacial score (nSPS) is 13.2. The number of nitrogens with one attached hydrogen (secondary N) is 1. The van der Waals surface area contributed by atoms with E-state index in [0.29, 0.717) is 31.3 Å². The van der Waals surface area contributed by atoms with Gasteiger partial charge in [-0.1, -0.05) is 35.9 Å². The van der Waals surface area contributed by atoms with E-state index in [9.17, 15) is 4.79 Å². The van der Waals surface area contributed by atoms with Crippen molar-refractivity contribution in [1.82, 2.24) is 14.7 Å². The van der Waals surface area contributed by atoms with E-state index in [0.717, 1.165) is 40.1 Å². The molecule has 1 aliphatic rings. The number of carbonyl (C=O) groups excluding carboxylic acids is 1. The van der Waals surface area contributed by atoms with Gasteiger partial charge >= 0.3 is 6.03 Å². The zero-order valence-electron chi connectivity index (χ0n) is 18.1. The van der Waals surface area contributed by atoms with Crippen LogP contribution in [0.1, 0.15) is 33.6 Å². The molecule has 2 aromatic carbocycles. The van der Waals surface area contributed by atoms with Gasteiger partial charge in [-0.25, -0.2) is 4.79 Å². The number of nitrogens with zero attached hydrogens (tertiary/aromatic N) is 3. The molecule has 0 radical (unpaired) electrons. The van der Waals surface area contributed by atoms with Gasteiger partial charge in [-0.2, -0.15) is 5.10 Å². The highest BCUT2D eigenvalue weighted by Crippen LogP contribution is 2.25. The summed E-state index contributed by atoms with van der Waals surface area (Å²) in [4.78, 5) is 14.8. The predicted molar refractivity (Wildman–Crippen MR) is 122 cm³/mol. The first-order chi connectivity index (χ1) is 14.9. The van der Waals surface area contributed by atoms with E-state index in [-0.39, 0.29) is 6.03 Å². The second-order valence-electron chi connectivity index (χ2n) is 7.96. The summed E-state index contributed by atoms with van der Waals surface area (Å²) in [6.07, 6.45) is 0.774. The van der Waals surface area contributed by atoms with E-state index < -0.39 is 0 Å². The van der Waals surface area contributed by atoms with E-state index in [4.69, 9.17) is 16.3 Å². The van der Waals surface area contributed by atoms with Gasteiger partial charge in [0.05, 0.1) is 25.5 Å². The zero-order chi connectivity index (χ0) is 22.0. The van der Waals surface area contributed by atoms with Gasteiger partial charge in [0.2, 0.25) is 0 Å². The average molecular weight is 439 g/mol. The summed E-state index contributed by atoms with van der Waals surface area (Å²) in [5, 5.41) is 8.43. The molecule has 0 bridgehead atoms. The summed E-state index contributed by atoms with van der Waals surface area (Å²) in [6.45, 7) is 6.14. The van der Waals surface area contributed by atoms with Crippen molar-refractivity contribution in [1.29, 1.82) is 0 Å². The molecule has 2 amide bonds. The molecule has 0 aliphatic carbocycles. The number of benzene rings is 2. The van der Waals surface area contributed by atoms with E-state index in [1.165, 1.54) is 5.69 Å². The van der Waals surface area contributed by atoms with Crippen LogP contribution in [-0.2, 0) is 38.0 Å². The third-order valence-electron chi connectivity index (χ3n) is 5.88. The fourth-order valence-electron chi connectivity index (χ4n) is 3.89. The number of hydrogen-bond donors (Lipinski definition) is 1. The number of ether oxygens (including phenoxy) is 1. The number of amides is 2. The van der Waals surface area contributed by atoms with Gasteiger partial charge < -0.3 is 15.0 Å². The van der Waals surface area contributed by atoms with Crippen molar-refractivity contribution in [2.45, 2.75) is 40.0 Å². The van der Waals surface area contributed by atoms with Gasteiger partial charge in [0.25, 0.3) is 0 Å². The van der Waals surface area contributed by atoms with Crippen LogP contribution in [0.3, 0.4) is 0 Å². The fourth-order valence-corrected chi connectivity index (χ4v) is 4.01. The molecule has 2 heterocycles. The Hall–Kier alpha value is -2.83. The van der Waals surface area contributed by atoms with Crippen LogP contribution in [0.25, 0.3) is 0 Å². The van der Waals surface area contributed by atoms with Crippen molar-refractivity contribution in [3.63, 3.8) is 0 Å². The predicted octanol–water partition coefficient (Wildman–Crippen LogP) is 5.00. The molecule has 7 heteroatoms. The van der Waals surface area contributed by atoms with Gasteiger partial charge in [0.1, 0.15) is 0 Å². The number of anilines is 1. The van der Waals surface area contributed by atoms with Crippen molar-refractivity contribution in [2.24, 2.45) is 7.05 Å². The van der Waals surface area contributed by atoms with E-state index in [1.807, 2.05) is 72.9 Å². The molecular weight excluding hydrogens is 412 g/mol. The number of rotatable bonds is 5. The molecule has 0 saturated heterocycles. The second kappa shape index (κ2) is 9.12. The molecule has 6 nitrogen and oxygen atoms in total. The summed E-state index contributed by atoms with van der Waals surface area (Å²) < 4.78 is 7.82. The molecule has 0 unspecified atom stereocenters. The van der Waals surface area contributed by atoms with E-state index in [1.54, 1.807) is 0 Å². The lowest BCUT2D eigenvalue weighted by Gasteiger charge is -2.28. The van der Waals surface area contributed by atoms with Crippen molar-refractivity contribution >= 4 is 23.3 Å². The minimum absolute atomic E-state index is 0.0868. The second-order valence-corrected chi connectivity index (χ2v) is 8.40. The van der Waals surface area contributed by atoms with Crippen LogP contribution < -0.4 is 5.32 Å². The molecule has 1 aliphatic heterocycles. The highest BCUT2D eigenvalue weighted by molar-refractivity contribution is 6.30. The summed E-state index contributed by atoms with van der Waals surface area (Å²) >= 11 is 5.94. The first-order valence-corrected chi connectivity index (χ1v) is 10.8. The van der Waals surface area contributed by atoms with Crippen LogP contribution in [0.5, 0.6) is 0 Å². The fraction of sp³-hybridized carbons (Fsp3) is 0.333. The highest BCUT2D eigenvalue weighted by atomic mass is 35.5. The van der Waals surface area contributed by atoms with Crippen molar-refractivity contribution in [2.75, 3.05) is 11.9 Å². The van der Waals surface area contributed by atoms with Crippen LogP contribution >= 0.6 is 11.6 Å². The van der Waals surface area contributed by atoms with Crippen molar-refractivity contribution in [3.05, 3.63) is 81.1 Å². The molecule has 31 heavy (non-hydrogen) atoms. The first kappa shape index (κ1) is 21.4. The number of aryl methyl sites for hydroxylation is 2. The molecule has 1 aromatic heterocycles. The topological polar surface area (TPSA) is 59.4 Å². The number of fused-ring (bicyclic) bond motifs is 1. The summed E-state index contributed by atoms with van der Waals surface area (Å²) in [7, 11) is 1.95. The largest absolute Gasteiger partial charge is 0.370 e. The van der Waals surface area contributed by atoms with Crippen molar-refractivity contribution in [3.8, 4) is 0 Å². The number of carbonyl (C=O) groups is 1. The lowest BCUT2D eigenvalue weighted by molar-refractivity contribution is 0.103. The Labute approximate surface area is 187 Å². The first-order valence-electron chi connectivity index (χ1n) is 10.4. The SMILES string of the molecule is Cc1cccc(NC(=O)N2CCc3c(c(COCc4ccc(Cl)cc4)nn3C)C2)c1C. The average Bonchev–Trinajstić information content (AvgIpc) is 3.08. The Morgan fingerprint density at radius 3 is 2.71 bits per heavy atom. The molecule has 0 spiro atoms. The standard InChI is InChI=1S/C24H27ClN4O2/c1-16-5-4-6-21(17(16)2)26-24(30)29-12-11-23-20(13-29)22(27-28(23)3)15-31-14-18-7-9-19(25)10-8-18/h4-10H,11-15H2,1-3H3,(H,26,30). The zero-order valence-corrected chi connectivity index (χ0v) is 18.9. The maximum Gasteiger partial charge on any atom is 0.322 e. The Bertz CT molecular complexity index is 1090. The molecular formula is C24H27ClN4O2. The molecule has 0 fully saturated rings. The number of halogens is 1. The van der Waals surface area contributed by atoms with Gasteiger partial charge in [-0.15, -0.1) is 0 Å². The number of aromatic nitrogens is 2. The quantitative estimate of drug-likeness (QED) is 0.610. The Kier molecular flexibility index (Phi) is 6.30. The maximum atomic E-state index is 12.9. The monoisotopic (exact) mass is 438 g/mol. The van der Waals surface area contributed by atoms with E-state index in [2.05, 4.69) is 10.4 Å². The van der Waals surface area contributed by atoms with Crippen LogP contribution in [0.2, 0.25) is 5.02 Å². The summed E-state index contributed by atoms with van der Waals surface area (Å²) in [5.74, 6) is 0. The molecule has 0 atom stereocenters. The summed E-state index contributed by atoms with van der Waals surface area (Å²) in [5.41, 5.74) is 7.30. The third-order valence-corrected chi connectivity index (χ3v) is 6.13. The molecule has 162 valence electrons. The van der Waals surface area contributed by atoms with Gasteiger partial charge in [0.15, 0.2) is 0 Å². The van der Waals surface area contributed by atoms with Crippen LogP contribution in [-0.4, -0.2) is 27.3 Å². The Balaban J connectivity index is 1.42. The Morgan fingerprint density at radius 1 is 1.16 bits per heavy atom.